The molecular formula is C10H10BrNO. The molecule has 13 heavy (non-hydrogen) atoms. The van der Waals surface area contributed by atoms with Gasteiger partial charge in [0.1, 0.15) is 0 Å². The minimum absolute atomic E-state index is 0.0446. The van der Waals surface area contributed by atoms with E-state index in [0.29, 0.717) is 0 Å². The molecular weight excluding hydrogens is 230 g/mol. The highest BCUT2D eigenvalue weighted by Gasteiger charge is 2.28. The Morgan fingerprint density at radius 2 is 2.31 bits per heavy atom. The summed E-state index contributed by atoms with van der Waals surface area (Å²) in [5, 5.41) is 2.94. The van der Waals surface area contributed by atoms with Crippen LogP contribution < -0.4 is 5.32 Å². The Morgan fingerprint density at radius 1 is 1.54 bits per heavy atom. The fraction of sp³-hybridized carbons (Fsp3) is 0.300. The molecule has 0 saturated heterocycles. The Kier molecular flexibility index (Phi) is 2.12. The van der Waals surface area contributed by atoms with Crippen molar-refractivity contribution in [3.8, 4) is 0 Å². The molecule has 3 heteroatoms. The van der Waals surface area contributed by atoms with E-state index in [9.17, 15) is 4.79 Å². The third kappa shape index (κ3) is 1.27. The van der Waals surface area contributed by atoms with E-state index in [1.165, 1.54) is 0 Å². The van der Waals surface area contributed by atoms with E-state index in [-0.39, 0.29) is 11.9 Å². The molecule has 1 heterocycles. The molecule has 1 unspecified atom stereocenters. The first-order valence-corrected chi connectivity index (χ1v) is 5.12. The summed E-state index contributed by atoms with van der Waals surface area (Å²) in [6, 6.07) is 5.91. The average Bonchev–Trinajstić information content (AvgIpc) is 2.45. The summed E-state index contributed by atoms with van der Waals surface area (Å²) in [6.45, 7) is 2.07. The maximum atomic E-state index is 11.5. The van der Waals surface area contributed by atoms with Crippen molar-refractivity contribution in [2.45, 2.75) is 19.4 Å². The second-order valence-corrected chi connectivity index (χ2v) is 3.99. The summed E-state index contributed by atoms with van der Waals surface area (Å²) in [5.41, 5.74) is 1.91. The van der Waals surface area contributed by atoms with Crippen LogP contribution in [0.25, 0.3) is 0 Å². The van der Waals surface area contributed by atoms with Gasteiger partial charge in [-0.1, -0.05) is 28.9 Å². The molecule has 0 saturated carbocycles. The van der Waals surface area contributed by atoms with Gasteiger partial charge in [-0.05, 0) is 18.6 Å². The normalized spacial score (nSPS) is 19.8. The fourth-order valence-electron chi connectivity index (χ4n) is 1.70. The van der Waals surface area contributed by atoms with E-state index < -0.39 is 0 Å². The lowest BCUT2D eigenvalue weighted by atomic mass is 10.0. The summed E-state index contributed by atoms with van der Waals surface area (Å²) in [4.78, 5) is 11.5. The number of carbonyl (C=O) groups is 1. The van der Waals surface area contributed by atoms with Gasteiger partial charge in [0.15, 0.2) is 0 Å². The second kappa shape index (κ2) is 3.14. The third-order valence-corrected chi connectivity index (χ3v) is 3.05. The number of hydrogen-bond donors (Lipinski definition) is 1. The highest BCUT2D eigenvalue weighted by Crippen LogP contribution is 2.33. The number of amides is 1. The molecule has 0 aromatic heterocycles. The number of fused-ring (bicyclic) bond motifs is 1. The largest absolute Gasteiger partial charge is 0.345 e. The van der Waals surface area contributed by atoms with Crippen molar-refractivity contribution in [1.82, 2.24) is 5.32 Å². The van der Waals surface area contributed by atoms with Crippen LogP contribution in [-0.4, -0.2) is 5.91 Å². The lowest BCUT2D eigenvalue weighted by molar-refractivity contribution is 0.0955. The molecule has 2 rings (SSSR count). The maximum Gasteiger partial charge on any atom is 0.252 e. The van der Waals surface area contributed by atoms with Crippen LogP contribution >= 0.6 is 15.9 Å². The zero-order valence-electron chi connectivity index (χ0n) is 7.30. The van der Waals surface area contributed by atoms with E-state index in [1.54, 1.807) is 0 Å². The molecule has 1 aromatic rings. The molecule has 0 fully saturated rings. The lowest BCUT2D eigenvalue weighted by Gasteiger charge is -2.09. The SMILES string of the molecule is CCC1NC(=O)c2cccc(Br)c21. The van der Waals surface area contributed by atoms with Crippen LogP contribution in [0.2, 0.25) is 0 Å². The zero-order chi connectivity index (χ0) is 9.42. The Bertz CT molecular complexity index is 362. The molecule has 1 atom stereocenters. The summed E-state index contributed by atoms with van der Waals surface area (Å²) in [5.74, 6) is 0.0446. The number of nitrogens with one attached hydrogen (secondary N) is 1. The van der Waals surface area contributed by atoms with Gasteiger partial charge in [-0.15, -0.1) is 0 Å². The molecule has 1 amide bonds. The van der Waals surface area contributed by atoms with Gasteiger partial charge in [-0.3, -0.25) is 4.79 Å². The molecule has 0 radical (unpaired) electrons. The quantitative estimate of drug-likeness (QED) is 0.803. The van der Waals surface area contributed by atoms with Crippen LogP contribution in [0.1, 0.15) is 35.3 Å². The Morgan fingerprint density at radius 3 is 3.00 bits per heavy atom. The third-order valence-electron chi connectivity index (χ3n) is 2.36. The van der Waals surface area contributed by atoms with Gasteiger partial charge in [0.2, 0.25) is 0 Å². The van der Waals surface area contributed by atoms with Crippen LogP contribution in [-0.2, 0) is 0 Å². The van der Waals surface area contributed by atoms with E-state index in [4.69, 9.17) is 0 Å². The minimum atomic E-state index is 0.0446. The van der Waals surface area contributed by atoms with Gasteiger partial charge < -0.3 is 5.32 Å². The predicted octanol–water partition coefficient (Wildman–Crippen LogP) is 2.64. The van der Waals surface area contributed by atoms with Crippen molar-refractivity contribution >= 4 is 21.8 Å². The number of hydrogen-bond acceptors (Lipinski definition) is 1. The number of carbonyl (C=O) groups excluding carboxylic acids is 1. The van der Waals surface area contributed by atoms with Crippen LogP contribution in [0.5, 0.6) is 0 Å². The summed E-state index contributed by atoms with van der Waals surface area (Å²) in [6.07, 6.45) is 0.932. The maximum absolute atomic E-state index is 11.5. The Balaban J connectivity index is 2.58. The summed E-state index contributed by atoms with van der Waals surface area (Å²) in [7, 11) is 0. The van der Waals surface area contributed by atoms with E-state index in [2.05, 4.69) is 28.2 Å². The minimum Gasteiger partial charge on any atom is -0.345 e. The van der Waals surface area contributed by atoms with Crippen LogP contribution in [0.15, 0.2) is 22.7 Å². The Labute approximate surface area is 85.5 Å². The first kappa shape index (κ1) is 8.75. The standard InChI is InChI=1S/C10H10BrNO/c1-2-8-9-6(10(13)12-8)4-3-5-7(9)11/h3-5,8H,2H2,1H3,(H,12,13). The molecule has 0 bridgehead atoms. The van der Waals surface area contributed by atoms with E-state index in [0.717, 1.165) is 22.0 Å². The molecule has 1 aliphatic heterocycles. The van der Waals surface area contributed by atoms with E-state index >= 15 is 0 Å². The van der Waals surface area contributed by atoms with Crippen molar-refractivity contribution in [2.24, 2.45) is 0 Å². The van der Waals surface area contributed by atoms with Crippen LogP contribution in [0, 0.1) is 0 Å². The second-order valence-electron chi connectivity index (χ2n) is 3.14. The van der Waals surface area contributed by atoms with Gasteiger partial charge in [-0.25, -0.2) is 0 Å². The van der Waals surface area contributed by atoms with Crippen LogP contribution in [0.3, 0.4) is 0 Å². The van der Waals surface area contributed by atoms with Crippen LogP contribution in [0.4, 0.5) is 0 Å². The fourth-order valence-corrected chi connectivity index (χ4v) is 2.35. The topological polar surface area (TPSA) is 29.1 Å². The van der Waals surface area contributed by atoms with Gasteiger partial charge in [0, 0.05) is 15.6 Å². The molecule has 68 valence electrons. The monoisotopic (exact) mass is 239 g/mol. The first-order chi connectivity index (χ1) is 6.24. The van der Waals surface area contributed by atoms with Crippen molar-refractivity contribution in [3.63, 3.8) is 0 Å². The van der Waals surface area contributed by atoms with Gasteiger partial charge in [0.25, 0.3) is 5.91 Å². The average molecular weight is 240 g/mol. The lowest BCUT2D eigenvalue weighted by Crippen LogP contribution is -2.18. The number of benzene rings is 1. The number of rotatable bonds is 1. The highest BCUT2D eigenvalue weighted by molar-refractivity contribution is 9.10. The summed E-state index contributed by atoms with van der Waals surface area (Å²) >= 11 is 3.46. The zero-order valence-corrected chi connectivity index (χ0v) is 8.89. The molecule has 1 aromatic carbocycles. The van der Waals surface area contributed by atoms with Crippen molar-refractivity contribution < 1.29 is 4.79 Å². The smallest absolute Gasteiger partial charge is 0.252 e. The van der Waals surface area contributed by atoms with Gasteiger partial charge in [0.05, 0.1) is 6.04 Å². The predicted molar refractivity (Wildman–Crippen MR) is 54.6 cm³/mol. The first-order valence-electron chi connectivity index (χ1n) is 4.33. The molecule has 0 spiro atoms. The molecule has 0 aliphatic carbocycles. The van der Waals surface area contributed by atoms with Gasteiger partial charge in [-0.2, -0.15) is 0 Å². The molecule has 1 N–H and O–H groups in total. The number of halogens is 1. The Hall–Kier alpha value is -0.830. The van der Waals surface area contributed by atoms with E-state index in [1.807, 2.05) is 18.2 Å². The van der Waals surface area contributed by atoms with Crippen molar-refractivity contribution in [1.29, 1.82) is 0 Å². The highest BCUT2D eigenvalue weighted by atomic mass is 79.9. The van der Waals surface area contributed by atoms with Gasteiger partial charge >= 0.3 is 0 Å². The molecule has 2 nitrogen and oxygen atoms in total. The van der Waals surface area contributed by atoms with Crippen molar-refractivity contribution in [2.75, 3.05) is 0 Å². The van der Waals surface area contributed by atoms with Crippen molar-refractivity contribution in [3.05, 3.63) is 33.8 Å². The summed E-state index contributed by atoms with van der Waals surface area (Å²) < 4.78 is 1.02. The molecule has 1 aliphatic rings.